The van der Waals surface area contributed by atoms with Gasteiger partial charge in [0.15, 0.2) is 0 Å². The molecule has 0 fully saturated rings. The Balaban J connectivity index is 2.37. The molecule has 0 spiro atoms. The summed E-state index contributed by atoms with van der Waals surface area (Å²) in [6.45, 7) is 1.88. The van der Waals surface area contributed by atoms with Gasteiger partial charge in [0.1, 0.15) is 0 Å². The lowest BCUT2D eigenvalue weighted by atomic mass is 10.0. The van der Waals surface area contributed by atoms with Gasteiger partial charge in [0.2, 0.25) is 0 Å². The summed E-state index contributed by atoms with van der Waals surface area (Å²) in [5, 5.41) is 1.44. The van der Waals surface area contributed by atoms with Gasteiger partial charge in [-0.15, -0.1) is 0 Å². The lowest BCUT2D eigenvalue weighted by Gasteiger charge is -2.08. The molecule has 1 unspecified atom stereocenters. The van der Waals surface area contributed by atoms with Gasteiger partial charge in [0.05, 0.1) is 6.42 Å². The third-order valence-electron chi connectivity index (χ3n) is 3.57. The number of halogens is 4. The Morgan fingerprint density at radius 1 is 1.33 bits per heavy atom. The molecule has 0 radical (unpaired) electrons. The van der Waals surface area contributed by atoms with Crippen LogP contribution in [0.3, 0.4) is 0 Å². The van der Waals surface area contributed by atoms with E-state index in [0.29, 0.717) is 11.4 Å². The molecule has 2 rings (SSSR count). The summed E-state index contributed by atoms with van der Waals surface area (Å²) in [6.07, 6.45) is -1.80. The second-order valence-electron chi connectivity index (χ2n) is 5.25. The smallest absolute Gasteiger partial charge is 0.347 e. The summed E-state index contributed by atoms with van der Waals surface area (Å²) < 4.78 is 38.9. The average Bonchev–Trinajstić information content (AvgIpc) is 2.73. The molecule has 0 aliphatic carbocycles. The largest absolute Gasteiger partial charge is 0.390 e. The molecule has 0 aliphatic heterocycles. The van der Waals surface area contributed by atoms with Crippen molar-refractivity contribution >= 4 is 22.5 Å². The van der Waals surface area contributed by atoms with Gasteiger partial charge in [-0.2, -0.15) is 13.2 Å². The molecule has 2 aromatic rings. The highest BCUT2D eigenvalue weighted by atomic mass is 35.5. The van der Waals surface area contributed by atoms with Crippen LogP contribution in [0.5, 0.6) is 0 Å². The zero-order chi connectivity index (χ0) is 15.6. The van der Waals surface area contributed by atoms with Crippen LogP contribution in [0.4, 0.5) is 13.2 Å². The first-order valence-corrected chi connectivity index (χ1v) is 7.27. The van der Waals surface area contributed by atoms with Crippen LogP contribution < -0.4 is 5.73 Å². The normalized spacial score (nSPS) is 13.8. The number of nitrogens with zero attached hydrogens (tertiary/aromatic N) is 1. The van der Waals surface area contributed by atoms with Gasteiger partial charge in [0, 0.05) is 34.7 Å². The minimum absolute atomic E-state index is 0.00217. The average molecular weight is 319 g/mol. The maximum Gasteiger partial charge on any atom is 0.390 e. The number of hydrogen-bond acceptors (Lipinski definition) is 1. The predicted octanol–water partition coefficient (Wildman–Crippen LogP) is 4.53. The zero-order valence-corrected chi connectivity index (χ0v) is 12.5. The fourth-order valence-corrected chi connectivity index (χ4v) is 2.53. The van der Waals surface area contributed by atoms with Crippen LogP contribution >= 0.6 is 11.6 Å². The number of benzene rings is 1. The molecule has 2 nitrogen and oxygen atoms in total. The van der Waals surface area contributed by atoms with Crippen LogP contribution in [0, 0.1) is 0 Å². The molecule has 0 aliphatic rings. The fraction of sp³-hybridized carbons (Fsp3) is 0.467. The number of fused-ring (bicyclic) bond motifs is 1. The molecule has 0 saturated carbocycles. The van der Waals surface area contributed by atoms with Crippen molar-refractivity contribution in [1.82, 2.24) is 4.57 Å². The highest BCUT2D eigenvalue weighted by molar-refractivity contribution is 6.31. The van der Waals surface area contributed by atoms with Crippen molar-refractivity contribution < 1.29 is 13.2 Å². The highest BCUT2D eigenvalue weighted by Crippen LogP contribution is 2.28. The highest BCUT2D eigenvalue weighted by Gasteiger charge is 2.27. The number of rotatable bonds is 5. The Labute approximate surface area is 126 Å². The number of alkyl halides is 3. The first kappa shape index (κ1) is 16.2. The van der Waals surface area contributed by atoms with E-state index in [-0.39, 0.29) is 12.6 Å². The SMILES string of the molecule is CCC(N)Cc1cn(CCC(F)(F)F)c2cc(Cl)ccc12. The molecule has 6 heteroatoms. The van der Waals surface area contributed by atoms with E-state index in [4.69, 9.17) is 17.3 Å². The summed E-state index contributed by atoms with van der Waals surface area (Å²) in [5.74, 6) is 0. The van der Waals surface area contributed by atoms with E-state index in [0.717, 1.165) is 22.9 Å². The van der Waals surface area contributed by atoms with Crippen LogP contribution in [0.2, 0.25) is 5.02 Å². The molecule has 0 bridgehead atoms. The summed E-state index contributed by atoms with van der Waals surface area (Å²) in [7, 11) is 0. The molecule has 116 valence electrons. The summed E-state index contributed by atoms with van der Waals surface area (Å²) in [6, 6.07) is 5.30. The van der Waals surface area contributed by atoms with Crippen molar-refractivity contribution in [3.05, 3.63) is 35.0 Å². The summed E-state index contributed by atoms with van der Waals surface area (Å²) in [4.78, 5) is 0. The van der Waals surface area contributed by atoms with Gasteiger partial charge < -0.3 is 10.3 Å². The Morgan fingerprint density at radius 2 is 2.05 bits per heavy atom. The van der Waals surface area contributed by atoms with E-state index >= 15 is 0 Å². The van der Waals surface area contributed by atoms with Crippen LogP contribution in [0.1, 0.15) is 25.3 Å². The summed E-state index contributed by atoms with van der Waals surface area (Å²) in [5.41, 5.74) is 7.66. The molecule has 1 atom stereocenters. The molecule has 0 amide bonds. The maximum atomic E-state index is 12.4. The van der Waals surface area contributed by atoms with E-state index in [1.165, 1.54) is 0 Å². The Bertz CT molecular complexity index is 619. The van der Waals surface area contributed by atoms with Gasteiger partial charge in [-0.05, 0) is 30.5 Å². The molecule has 1 aromatic carbocycles. The summed E-state index contributed by atoms with van der Waals surface area (Å²) >= 11 is 5.96. The van der Waals surface area contributed by atoms with Crippen molar-refractivity contribution in [3.8, 4) is 0 Å². The molecular weight excluding hydrogens is 301 g/mol. The van der Waals surface area contributed by atoms with Crippen molar-refractivity contribution in [2.75, 3.05) is 0 Å². The minimum atomic E-state index is -4.17. The van der Waals surface area contributed by atoms with Crippen LogP contribution in [0.15, 0.2) is 24.4 Å². The van der Waals surface area contributed by atoms with E-state index in [1.54, 1.807) is 22.9 Å². The Morgan fingerprint density at radius 3 is 2.67 bits per heavy atom. The van der Waals surface area contributed by atoms with Gasteiger partial charge >= 0.3 is 6.18 Å². The second kappa shape index (κ2) is 6.28. The fourth-order valence-electron chi connectivity index (χ4n) is 2.36. The maximum absolute atomic E-state index is 12.4. The standard InChI is InChI=1S/C15H18ClF3N2/c1-2-12(20)7-10-9-21(6-5-15(17,18)19)14-8-11(16)3-4-13(10)14/h3-4,8-9,12H,2,5-7,20H2,1H3. The first-order chi connectivity index (χ1) is 9.80. The van der Waals surface area contributed by atoms with Crippen molar-refractivity contribution in [2.24, 2.45) is 5.73 Å². The number of nitrogens with two attached hydrogens (primary N) is 1. The van der Waals surface area contributed by atoms with Gasteiger partial charge in [0.25, 0.3) is 0 Å². The number of aryl methyl sites for hydroxylation is 1. The molecular formula is C15H18ClF3N2. The van der Waals surface area contributed by atoms with Gasteiger partial charge in [-0.3, -0.25) is 0 Å². The number of hydrogen-bond donors (Lipinski definition) is 1. The molecule has 21 heavy (non-hydrogen) atoms. The van der Waals surface area contributed by atoms with Gasteiger partial charge in [-0.25, -0.2) is 0 Å². The lowest BCUT2D eigenvalue weighted by Crippen LogP contribution is -2.21. The van der Waals surface area contributed by atoms with Crippen molar-refractivity contribution in [1.29, 1.82) is 0 Å². The monoisotopic (exact) mass is 318 g/mol. The molecule has 1 heterocycles. The molecule has 0 saturated heterocycles. The zero-order valence-electron chi connectivity index (χ0n) is 11.8. The Kier molecular flexibility index (Phi) is 4.84. The van der Waals surface area contributed by atoms with Crippen LogP contribution in [-0.2, 0) is 13.0 Å². The first-order valence-electron chi connectivity index (χ1n) is 6.89. The minimum Gasteiger partial charge on any atom is -0.347 e. The quantitative estimate of drug-likeness (QED) is 0.863. The third-order valence-corrected chi connectivity index (χ3v) is 3.80. The molecule has 2 N–H and O–H groups in total. The van der Waals surface area contributed by atoms with Crippen LogP contribution in [-0.4, -0.2) is 16.8 Å². The Hall–Kier alpha value is -1.20. The second-order valence-corrected chi connectivity index (χ2v) is 5.68. The molecule has 1 aromatic heterocycles. The van der Waals surface area contributed by atoms with Gasteiger partial charge in [-0.1, -0.05) is 24.6 Å². The van der Waals surface area contributed by atoms with E-state index < -0.39 is 12.6 Å². The number of aromatic nitrogens is 1. The van der Waals surface area contributed by atoms with Crippen molar-refractivity contribution in [2.45, 2.75) is 44.9 Å². The van der Waals surface area contributed by atoms with Crippen molar-refractivity contribution in [3.63, 3.8) is 0 Å². The third kappa shape index (κ3) is 4.14. The van der Waals surface area contributed by atoms with E-state index in [2.05, 4.69) is 0 Å². The predicted molar refractivity (Wildman–Crippen MR) is 79.6 cm³/mol. The topological polar surface area (TPSA) is 30.9 Å². The van der Waals surface area contributed by atoms with E-state index in [1.807, 2.05) is 13.0 Å². The van der Waals surface area contributed by atoms with E-state index in [9.17, 15) is 13.2 Å². The van der Waals surface area contributed by atoms with Crippen LogP contribution in [0.25, 0.3) is 10.9 Å². The lowest BCUT2D eigenvalue weighted by molar-refractivity contribution is -0.136.